The van der Waals surface area contributed by atoms with Crippen molar-refractivity contribution < 1.29 is 9.18 Å². The van der Waals surface area contributed by atoms with Gasteiger partial charge in [-0.25, -0.2) is 4.39 Å². The number of hydrazine groups is 1. The second-order valence-corrected chi connectivity index (χ2v) is 5.61. The Hall–Kier alpha value is -2.63. The number of aryl methyl sites for hydroxylation is 1. The van der Waals surface area contributed by atoms with E-state index in [4.69, 9.17) is 0 Å². The van der Waals surface area contributed by atoms with Gasteiger partial charge >= 0.3 is 0 Å². The second kappa shape index (κ2) is 6.64. The third-order valence-electron chi connectivity index (χ3n) is 3.93. The molecular formula is C17H19FN4O. The van der Waals surface area contributed by atoms with Gasteiger partial charge in [0.25, 0.3) is 5.91 Å². The lowest BCUT2D eigenvalue weighted by Gasteiger charge is -2.19. The first kappa shape index (κ1) is 15.3. The standard InChI is InChI=1S/C17H19FN4O/c1-12-16(5-4-6-19-12)17(23)21-20-14-9-13(18)10-15(11-14)22-7-2-3-8-22/h4-6,9-11,20H,2-3,7-8H2,1H3,(H,21,23). The first-order valence-electron chi connectivity index (χ1n) is 7.67. The van der Waals surface area contributed by atoms with Crippen LogP contribution in [0.2, 0.25) is 0 Å². The van der Waals surface area contributed by atoms with Crippen LogP contribution < -0.4 is 15.8 Å². The van der Waals surface area contributed by atoms with Crippen LogP contribution in [0, 0.1) is 12.7 Å². The van der Waals surface area contributed by atoms with Crippen LogP contribution in [0.5, 0.6) is 0 Å². The maximum Gasteiger partial charge on any atom is 0.271 e. The van der Waals surface area contributed by atoms with Crippen LogP contribution >= 0.6 is 0 Å². The van der Waals surface area contributed by atoms with E-state index >= 15 is 0 Å². The molecule has 23 heavy (non-hydrogen) atoms. The number of aromatic nitrogens is 1. The molecule has 1 amide bonds. The molecule has 1 aromatic carbocycles. The number of hydrogen-bond acceptors (Lipinski definition) is 4. The van der Waals surface area contributed by atoms with E-state index in [9.17, 15) is 9.18 Å². The quantitative estimate of drug-likeness (QED) is 0.852. The highest BCUT2D eigenvalue weighted by molar-refractivity contribution is 5.95. The van der Waals surface area contributed by atoms with Gasteiger partial charge in [-0.05, 0) is 50.1 Å². The molecule has 6 heteroatoms. The molecule has 0 aliphatic carbocycles. The van der Waals surface area contributed by atoms with Crippen molar-refractivity contribution in [1.82, 2.24) is 10.4 Å². The Bertz CT molecular complexity index is 713. The minimum absolute atomic E-state index is 0.303. The highest BCUT2D eigenvalue weighted by atomic mass is 19.1. The van der Waals surface area contributed by atoms with Crippen LogP contribution in [0.25, 0.3) is 0 Å². The Balaban J connectivity index is 1.70. The monoisotopic (exact) mass is 314 g/mol. The van der Waals surface area contributed by atoms with Crippen molar-refractivity contribution in [2.24, 2.45) is 0 Å². The summed E-state index contributed by atoms with van der Waals surface area (Å²) in [7, 11) is 0. The third kappa shape index (κ3) is 3.59. The summed E-state index contributed by atoms with van der Waals surface area (Å²) in [6, 6.07) is 8.11. The van der Waals surface area contributed by atoms with Gasteiger partial charge in [0.15, 0.2) is 0 Å². The van der Waals surface area contributed by atoms with Crippen molar-refractivity contribution in [3.63, 3.8) is 0 Å². The molecule has 1 aromatic heterocycles. The summed E-state index contributed by atoms with van der Waals surface area (Å²) < 4.78 is 13.8. The molecule has 2 aromatic rings. The van der Waals surface area contributed by atoms with E-state index in [2.05, 4.69) is 20.7 Å². The first-order chi connectivity index (χ1) is 11.1. The molecule has 2 heterocycles. The summed E-state index contributed by atoms with van der Waals surface area (Å²) in [6.45, 7) is 3.64. The Morgan fingerprint density at radius 3 is 2.78 bits per heavy atom. The number of carbonyl (C=O) groups is 1. The third-order valence-corrected chi connectivity index (χ3v) is 3.93. The van der Waals surface area contributed by atoms with Crippen molar-refractivity contribution in [2.45, 2.75) is 19.8 Å². The van der Waals surface area contributed by atoms with E-state index in [1.807, 2.05) is 6.07 Å². The molecule has 0 bridgehead atoms. The van der Waals surface area contributed by atoms with Gasteiger partial charge in [-0.3, -0.25) is 20.6 Å². The normalized spacial score (nSPS) is 13.9. The van der Waals surface area contributed by atoms with Gasteiger partial charge in [-0.1, -0.05) is 0 Å². The molecule has 1 aliphatic heterocycles. The van der Waals surface area contributed by atoms with Crippen LogP contribution in [0.15, 0.2) is 36.5 Å². The maximum atomic E-state index is 13.8. The number of hydrogen-bond donors (Lipinski definition) is 2. The van der Waals surface area contributed by atoms with Crippen LogP contribution in [0.3, 0.4) is 0 Å². The predicted molar refractivity (Wildman–Crippen MR) is 87.9 cm³/mol. The average Bonchev–Trinajstić information content (AvgIpc) is 3.07. The van der Waals surface area contributed by atoms with Gasteiger partial charge in [0, 0.05) is 25.0 Å². The predicted octanol–water partition coefficient (Wildman–Crippen LogP) is 2.89. The summed E-state index contributed by atoms with van der Waals surface area (Å²) in [6.07, 6.45) is 3.88. The fourth-order valence-corrected chi connectivity index (χ4v) is 2.72. The topological polar surface area (TPSA) is 57.3 Å². The zero-order valence-corrected chi connectivity index (χ0v) is 13.0. The molecule has 0 unspecified atom stereocenters. The van der Waals surface area contributed by atoms with Crippen molar-refractivity contribution in [3.05, 3.63) is 53.6 Å². The molecule has 1 fully saturated rings. The van der Waals surface area contributed by atoms with Crippen molar-refractivity contribution in [2.75, 3.05) is 23.4 Å². The zero-order valence-electron chi connectivity index (χ0n) is 13.0. The molecule has 2 N–H and O–H groups in total. The van der Waals surface area contributed by atoms with Crippen LogP contribution in [-0.4, -0.2) is 24.0 Å². The SMILES string of the molecule is Cc1ncccc1C(=O)NNc1cc(F)cc(N2CCCC2)c1. The van der Waals surface area contributed by atoms with E-state index < -0.39 is 0 Å². The van der Waals surface area contributed by atoms with Gasteiger partial charge in [-0.15, -0.1) is 0 Å². The number of carbonyl (C=O) groups excluding carboxylic acids is 1. The molecule has 5 nitrogen and oxygen atoms in total. The van der Waals surface area contributed by atoms with E-state index in [1.54, 1.807) is 25.3 Å². The minimum Gasteiger partial charge on any atom is -0.371 e. The molecular weight excluding hydrogens is 295 g/mol. The van der Waals surface area contributed by atoms with Gasteiger partial charge in [-0.2, -0.15) is 0 Å². The molecule has 3 rings (SSSR count). The van der Waals surface area contributed by atoms with Gasteiger partial charge < -0.3 is 4.90 Å². The smallest absolute Gasteiger partial charge is 0.271 e. The molecule has 0 radical (unpaired) electrons. The van der Waals surface area contributed by atoms with Crippen LogP contribution in [0.4, 0.5) is 15.8 Å². The van der Waals surface area contributed by atoms with E-state index in [1.165, 1.54) is 12.1 Å². The van der Waals surface area contributed by atoms with Crippen molar-refractivity contribution >= 4 is 17.3 Å². The summed E-state index contributed by atoms with van der Waals surface area (Å²) in [5.74, 6) is -0.633. The Labute approximate surface area is 134 Å². The number of pyridine rings is 1. The van der Waals surface area contributed by atoms with E-state index in [-0.39, 0.29) is 11.7 Å². The van der Waals surface area contributed by atoms with Gasteiger partial charge in [0.1, 0.15) is 5.82 Å². The van der Waals surface area contributed by atoms with Crippen molar-refractivity contribution in [1.29, 1.82) is 0 Å². The number of amides is 1. The number of nitrogens with one attached hydrogen (secondary N) is 2. The first-order valence-corrected chi connectivity index (χ1v) is 7.67. The highest BCUT2D eigenvalue weighted by Gasteiger charge is 2.14. The summed E-state index contributed by atoms with van der Waals surface area (Å²) in [4.78, 5) is 18.4. The average molecular weight is 314 g/mol. The Kier molecular flexibility index (Phi) is 4.41. The lowest BCUT2D eigenvalue weighted by atomic mass is 10.2. The van der Waals surface area contributed by atoms with Gasteiger partial charge in [0.2, 0.25) is 0 Å². The van der Waals surface area contributed by atoms with E-state index in [0.717, 1.165) is 31.6 Å². The van der Waals surface area contributed by atoms with E-state index in [0.29, 0.717) is 16.9 Å². The molecule has 0 atom stereocenters. The largest absolute Gasteiger partial charge is 0.371 e. The highest BCUT2D eigenvalue weighted by Crippen LogP contribution is 2.24. The maximum absolute atomic E-state index is 13.8. The Morgan fingerprint density at radius 1 is 1.26 bits per heavy atom. The summed E-state index contributed by atoms with van der Waals surface area (Å²) in [5, 5.41) is 0. The zero-order chi connectivity index (χ0) is 16.2. The molecule has 1 saturated heterocycles. The number of anilines is 2. The lowest BCUT2D eigenvalue weighted by molar-refractivity contribution is 0.0961. The fraction of sp³-hybridized carbons (Fsp3) is 0.294. The van der Waals surface area contributed by atoms with Gasteiger partial charge in [0.05, 0.1) is 16.9 Å². The molecule has 0 saturated carbocycles. The number of halogens is 1. The van der Waals surface area contributed by atoms with Crippen molar-refractivity contribution in [3.8, 4) is 0 Å². The number of benzene rings is 1. The molecule has 1 aliphatic rings. The minimum atomic E-state index is -0.330. The molecule has 120 valence electrons. The number of nitrogens with zero attached hydrogens (tertiary/aromatic N) is 2. The van der Waals surface area contributed by atoms with Crippen LogP contribution in [0.1, 0.15) is 28.9 Å². The summed E-state index contributed by atoms with van der Waals surface area (Å²) in [5.41, 5.74) is 7.84. The lowest BCUT2D eigenvalue weighted by Crippen LogP contribution is -2.30. The molecule has 0 spiro atoms. The second-order valence-electron chi connectivity index (χ2n) is 5.61. The Morgan fingerprint density at radius 2 is 2.04 bits per heavy atom. The van der Waals surface area contributed by atoms with Crippen LogP contribution in [-0.2, 0) is 0 Å². The fourth-order valence-electron chi connectivity index (χ4n) is 2.72. The summed E-state index contributed by atoms with van der Waals surface area (Å²) >= 11 is 0. The number of rotatable bonds is 4.